The van der Waals surface area contributed by atoms with Gasteiger partial charge in [0.2, 0.25) is 0 Å². The highest BCUT2D eigenvalue weighted by Gasteiger charge is 2.28. The lowest BCUT2D eigenvalue weighted by Crippen LogP contribution is -2.50. The first kappa shape index (κ1) is 27.0. The second-order valence-electron chi connectivity index (χ2n) is 10.1. The molecular weight excluding hydrogens is 483 g/mol. The van der Waals surface area contributed by atoms with E-state index in [1.807, 2.05) is 6.07 Å². The van der Waals surface area contributed by atoms with Crippen molar-refractivity contribution >= 4 is 23.2 Å². The molecule has 1 saturated carbocycles. The summed E-state index contributed by atoms with van der Waals surface area (Å²) in [6.45, 7) is 4.51. The van der Waals surface area contributed by atoms with Gasteiger partial charge in [-0.1, -0.05) is 11.6 Å². The van der Waals surface area contributed by atoms with Gasteiger partial charge >= 0.3 is 0 Å². The van der Waals surface area contributed by atoms with Crippen molar-refractivity contribution in [2.24, 2.45) is 5.73 Å². The van der Waals surface area contributed by atoms with E-state index in [1.165, 1.54) is 6.07 Å². The van der Waals surface area contributed by atoms with Crippen molar-refractivity contribution < 1.29 is 13.9 Å². The lowest BCUT2D eigenvalue weighted by atomic mass is 9.90. The maximum atomic E-state index is 14.5. The molecule has 1 aliphatic carbocycles. The summed E-state index contributed by atoms with van der Waals surface area (Å²) in [4.78, 5) is 9.00. The normalized spacial score (nSPS) is 22.7. The van der Waals surface area contributed by atoms with Gasteiger partial charge in [-0.3, -0.25) is 0 Å². The predicted molar refractivity (Wildman–Crippen MR) is 142 cm³/mol. The van der Waals surface area contributed by atoms with Crippen LogP contribution in [0.2, 0.25) is 5.02 Å². The Morgan fingerprint density at radius 1 is 1.22 bits per heavy atom. The minimum Gasteiger partial charge on any atom is -0.383 e. The van der Waals surface area contributed by atoms with Crippen molar-refractivity contribution in [1.82, 2.24) is 15.3 Å². The molecule has 36 heavy (non-hydrogen) atoms. The van der Waals surface area contributed by atoms with Crippen molar-refractivity contribution in [3.05, 3.63) is 35.2 Å². The van der Waals surface area contributed by atoms with Gasteiger partial charge in [0.1, 0.15) is 5.82 Å². The largest absolute Gasteiger partial charge is 0.383 e. The zero-order valence-electron chi connectivity index (χ0n) is 21.2. The fourth-order valence-corrected chi connectivity index (χ4v) is 5.16. The molecule has 2 fully saturated rings. The summed E-state index contributed by atoms with van der Waals surface area (Å²) in [5.41, 5.74) is 7.28. The van der Waals surface area contributed by atoms with E-state index in [9.17, 15) is 4.39 Å². The average molecular weight is 521 g/mol. The Bertz CT molecular complexity index is 998. The van der Waals surface area contributed by atoms with Gasteiger partial charge in [0.05, 0.1) is 17.3 Å². The topological polar surface area (TPSA) is 106 Å². The molecule has 10 heteroatoms. The molecule has 1 aliphatic heterocycles. The summed E-state index contributed by atoms with van der Waals surface area (Å²) < 4.78 is 25.2. The van der Waals surface area contributed by atoms with Gasteiger partial charge in [0, 0.05) is 62.3 Å². The Balaban J connectivity index is 1.39. The van der Waals surface area contributed by atoms with Crippen LogP contribution in [-0.2, 0) is 9.47 Å². The highest BCUT2D eigenvalue weighted by atomic mass is 35.5. The maximum absolute atomic E-state index is 14.5. The van der Waals surface area contributed by atoms with E-state index >= 15 is 0 Å². The summed E-state index contributed by atoms with van der Waals surface area (Å²) in [6.07, 6.45) is 7.34. The predicted octanol–water partition coefficient (Wildman–Crippen LogP) is 4.20. The number of pyridine rings is 2. The van der Waals surface area contributed by atoms with Gasteiger partial charge < -0.3 is 31.2 Å². The quantitative estimate of drug-likeness (QED) is 0.369. The van der Waals surface area contributed by atoms with E-state index in [0.717, 1.165) is 44.3 Å². The van der Waals surface area contributed by atoms with E-state index in [-0.39, 0.29) is 5.82 Å². The molecular formula is C26H38ClFN6O2. The number of halogens is 2. The van der Waals surface area contributed by atoms with Crippen LogP contribution < -0.4 is 21.7 Å². The van der Waals surface area contributed by atoms with Crippen LogP contribution in [0.3, 0.4) is 0 Å². The molecule has 3 heterocycles. The van der Waals surface area contributed by atoms with Crippen LogP contribution in [-0.4, -0.2) is 67.1 Å². The highest BCUT2D eigenvalue weighted by Crippen LogP contribution is 2.31. The van der Waals surface area contributed by atoms with Crippen molar-refractivity contribution in [3.8, 4) is 11.3 Å². The lowest BCUT2D eigenvalue weighted by molar-refractivity contribution is 0.0574. The number of hydrogen-bond donors (Lipinski definition) is 4. The third-order valence-electron chi connectivity index (χ3n) is 7.09. The molecule has 2 aromatic heterocycles. The molecule has 0 amide bonds. The highest BCUT2D eigenvalue weighted by molar-refractivity contribution is 6.33. The molecule has 8 nitrogen and oxygen atoms in total. The van der Waals surface area contributed by atoms with Gasteiger partial charge in [-0.15, -0.1) is 0 Å². The Morgan fingerprint density at radius 2 is 1.94 bits per heavy atom. The van der Waals surface area contributed by atoms with Crippen LogP contribution in [0.4, 0.5) is 16.0 Å². The first-order valence-corrected chi connectivity index (χ1v) is 13.2. The summed E-state index contributed by atoms with van der Waals surface area (Å²) >= 11 is 6.48. The monoisotopic (exact) mass is 520 g/mol. The SMILES string of the molecule is COC[C@H](C)NC1CCC(Nc2cc(-c3ccc(F)c(NCC4(N)CCOCC4)n3)c(Cl)cn2)CC1. The Kier molecular flexibility index (Phi) is 9.35. The number of ether oxygens (including phenoxy) is 2. The van der Waals surface area contributed by atoms with E-state index in [4.69, 9.17) is 26.8 Å². The summed E-state index contributed by atoms with van der Waals surface area (Å²) in [7, 11) is 1.73. The molecule has 1 saturated heterocycles. The molecule has 2 aliphatic rings. The van der Waals surface area contributed by atoms with Crippen LogP contribution in [0.15, 0.2) is 24.4 Å². The van der Waals surface area contributed by atoms with Crippen LogP contribution in [0.1, 0.15) is 45.4 Å². The number of methoxy groups -OCH3 is 1. The van der Waals surface area contributed by atoms with Crippen LogP contribution in [0.5, 0.6) is 0 Å². The van der Waals surface area contributed by atoms with Crippen LogP contribution in [0.25, 0.3) is 11.3 Å². The van der Waals surface area contributed by atoms with Crippen LogP contribution in [0, 0.1) is 5.82 Å². The first-order valence-electron chi connectivity index (χ1n) is 12.8. The van der Waals surface area contributed by atoms with Gasteiger partial charge in [-0.25, -0.2) is 14.4 Å². The van der Waals surface area contributed by atoms with E-state index in [2.05, 4.69) is 32.8 Å². The molecule has 0 spiro atoms. The number of nitrogens with two attached hydrogens (primary N) is 1. The Morgan fingerprint density at radius 3 is 2.67 bits per heavy atom. The molecule has 0 bridgehead atoms. The second-order valence-corrected chi connectivity index (χ2v) is 10.5. The average Bonchev–Trinajstić information content (AvgIpc) is 2.87. The molecule has 0 radical (unpaired) electrons. The Labute approximate surface area is 217 Å². The van der Waals surface area contributed by atoms with Gasteiger partial charge in [-0.2, -0.15) is 0 Å². The first-order chi connectivity index (χ1) is 17.3. The number of nitrogens with one attached hydrogen (secondary N) is 3. The number of nitrogens with zero attached hydrogens (tertiary/aromatic N) is 2. The van der Waals surface area contributed by atoms with Crippen molar-refractivity contribution in [3.63, 3.8) is 0 Å². The lowest BCUT2D eigenvalue weighted by Gasteiger charge is -2.33. The van der Waals surface area contributed by atoms with Gasteiger partial charge in [-0.05, 0) is 63.6 Å². The molecule has 4 rings (SSSR count). The summed E-state index contributed by atoms with van der Waals surface area (Å²) in [5.74, 6) is 0.477. The molecule has 0 aromatic carbocycles. The number of rotatable bonds is 10. The molecule has 0 unspecified atom stereocenters. The van der Waals surface area contributed by atoms with Crippen molar-refractivity contribution in [2.45, 2.75) is 69.1 Å². The molecule has 1 atom stereocenters. The molecule has 5 N–H and O–H groups in total. The van der Waals surface area contributed by atoms with Crippen molar-refractivity contribution in [1.29, 1.82) is 0 Å². The summed E-state index contributed by atoms with van der Waals surface area (Å²) in [5, 5.41) is 10.8. The third kappa shape index (κ3) is 7.26. The van der Waals surface area contributed by atoms with E-state index < -0.39 is 11.4 Å². The second kappa shape index (κ2) is 12.5. The molecule has 198 valence electrons. The van der Waals surface area contributed by atoms with Gasteiger partial charge in [0.25, 0.3) is 0 Å². The fourth-order valence-electron chi connectivity index (χ4n) is 4.96. The zero-order chi connectivity index (χ0) is 25.5. The van der Waals surface area contributed by atoms with Crippen molar-refractivity contribution in [2.75, 3.05) is 44.1 Å². The maximum Gasteiger partial charge on any atom is 0.165 e. The molecule has 2 aromatic rings. The van der Waals surface area contributed by atoms with E-state index in [1.54, 1.807) is 19.4 Å². The number of anilines is 2. The smallest absolute Gasteiger partial charge is 0.165 e. The third-order valence-corrected chi connectivity index (χ3v) is 7.39. The van der Waals surface area contributed by atoms with Gasteiger partial charge in [0.15, 0.2) is 11.6 Å². The fraction of sp³-hybridized carbons (Fsp3) is 0.615. The van der Waals surface area contributed by atoms with Crippen LogP contribution >= 0.6 is 11.6 Å². The zero-order valence-corrected chi connectivity index (χ0v) is 21.9. The Hall–Kier alpha value is -2.04. The minimum atomic E-state index is -0.440. The minimum absolute atomic E-state index is 0.166. The number of aromatic nitrogens is 2. The summed E-state index contributed by atoms with van der Waals surface area (Å²) in [6, 6.07) is 6.11. The van der Waals surface area contributed by atoms with E-state index in [0.29, 0.717) is 60.8 Å². The number of hydrogen-bond acceptors (Lipinski definition) is 8. The standard InChI is InChI=1S/C26H38ClFN6O2/c1-17(15-35-2)32-18-3-5-19(6-4-18)33-24-13-20(21(27)14-30-24)23-8-7-22(28)25(34-23)31-16-26(29)9-11-36-12-10-26/h7-8,13-14,17-19,32H,3-6,9-12,15-16,29H2,1-2H3,(H,30,33)(H,31,34)/t17-,18?,19?/m0/s1.